The van der Waals surface area contributed by atoms with Crippen molar-refractivity contribution in [2.24, 2.45) is 5.41 Å². The van der Waals surface area contributed by atoms with E-state index >= 15 is 0 Å². The zero-order valence-electron chi connectivity index (χ0n) is 21.4. The van der Waals surface area contributed by atoms with Gasteiger partial charge in [-0.05, 0) is 56.4 Å². The van der Waals surface area contributed by atoms with Gasteiger partial charge in [0.1, 0.15) is 5.54 Å². The molecule has 5 nitrogen and oxygen atoms in total. The van der Waals surface area contributed by atoms with Crippen LogP contribution in [-0.2, 0) is 28.9 Å². The van der Waals surface area contributed by atoms with Crippen molar-refractivity contribution in [3.8, 4) is 0 Å². The van der Waals surface area contributed by atoms with Gasteiger partial charge in [0, 0.05) is 23.5 Å². The first-order valence-corrected chi connectivity index (χ1v) is 12.3. The normalized spacial score (nSPS) is 13.3. The number of aromatic nitrogens is 1. The lowest BCUT2D eigenvalue weighted by Gasteiger charge is -2.34. The summed E-state index contributed by atoms with van der Waals surface area (Å²) in [7, 11) is 0. The van der Waals surface area contributed by atoms with E-state index in [4.69, 9.17) is 0 Å². The maximum Gasteiger partial charge on any atom is 0.329 e. The summed E-state index contributed by atoms with van der Waals surface area (Å²) in [4.78, 5) is 29.7. The number of aliphatic carboxylic acids is 1. The Hall–Kier alpha value is -3.86. The summed E-state index contributed by atoms with van der Waals surface area (Å²) in [5, 5.41) is 14.2. The fourth-order valence-electron chi connectivity index (χ4n) is 5.00. The van der Waals surface area contributed by atoms with Gasteiger partial charge in [-0.25, -0.2) is 4.79 Å². The van der Waals surface area contributed by atoms with Gasteiger partial charge in [0.2, 0.25) is 5.91 Å². The van der Waals surface area contributed by atoms with E-state index in [0.29, 0.717) is 12.8 Å². The Morgan fingerprint density at radius 1 is 0.833 bits per heavy atom. The smallest absolute Gasteiger partial charge is 0.329 e. The van der Waals surface area contributed by atoms with E-state index in [2.05, 4.69) is 22.4 Å². The zero-order valence-corrected chi connectivity index (χ0v) is 21.4. The predicted molar refractivity (Wildman–Crippen MR) is 144 cm³/mol. The molecule has 0 saturated heterocycles. The first-order chi connectivity index (χ1) is 17.1. The van der Waals surface area contributed by atoms with Crippen molar-refractivity contribution < 1.29 is 14.7 Å². The molecule has 0 saturated carbocycles. The van der Waals surface area contributed by atoms with Crippen LogP contribution in [0.3, 0.4) is 0 Å². The fraction of sp³-hybridized carbons (Fsp3) is 0.290. The topological polar surface area (TPSA) is 82.2 Å². The highest BCUT2D eigenvalue weighted by molar-refractivity contribution is 5.91. The standard InChI is InChI=1S/C31H34N2O3/c1-21-9-7-11-23(15-21)17-30(3,18-24-12-8-10-22(2)16-24)28(34)33-31(4,29(35)36)19-25-20-32-27-14-6-5-13-26(25)27/h5-16,20,32H,17-19H2,1-4H3,(H,33,34)(H,35,36)/t31-/m1/s1. The number of H-pyrrole nitrogens is 1. The van der Waals surface area contributed by atoms with Gasteiger partial charge in [-0.15, -0.1) is 0 Å². The molecule has 0 aliphatic carbocycles. The van der Waals surface area contributed by atoms with Crippen LogP contribution in [0.1, 0.15) is 41.7 Å². The number of fused-ring (bicyclic) bond motifs is 1. The molecule has 0 fully saturated rings. The minimum atomic E-state index is -1.47. The molecular formula is C31H34N2O3. The average Bonchev–Trinajstić information content (AvgIpc) is 3.21. The number of rotatable bonds is 9. The largest absolute Gasteiger partial charge is 0.480 e. The second-order valence-electron chi connectivity index (χ2n) is 10.5. The quantitative estimate of drug-likeness (QED) is 0.283. The van der Waals surface area contributed by atoms with Crippen molar-refractivity contribution >= 4 is 22.8 Å². The van der Waals surface area contributed by atoms with E-state index in [0.717, 1.165) is 38.7 Å². The third-order valence-electron chi connectivity index (χ3n) is 6.98. The van der Waals surface area contributed by atoms with E-state index in [1.807, 2.05) is 87.6 Å². The second-order valence-corrected chi connectivity index (χ2v) is 10.5. The highest BCUT2D eigenvalue weighted by Crippen LogP contribution is 2.31. The molecule has 0 aliphatic heterocycles. The number of hydrogen-bond donors (Lipinski definition) is 3. The van der Waals surface area contributed by atoms with Crippen LogP contribution in [0.4, 0.5) is 0 Å². The first-order valence-electron chi connectivity index (χ1n) is 12.3. The summed E-state index contributed by atoms with van der Waals surface area (Å²) in [6, 6.07) is 24.1. The zero-order chi connectivity index (χ0) is 25.9. The van der Waals surface area contributed by atoms with E-state index in [1.54, 1.807) is 6.92 Å². The first kappa shape index (κ1) is 25.2. The van der Waals surface area contributed by atoms with Crippen LogP contribution < -0.4 is 5.32 Å². The number of carbonyl (C=O) groups excluding carboxylic acids is 1. The Morgan fingerprint density at radius 2 is 1.42 bits per heavy atom. The van der Waals surface area contributed by atoms with Gasteiger partial charge in [-0.3, -0.25) is 4.79 Å². The Balaban J connectivity index is 1.66. The van der Waals surface area contributed by atoms with Crippen molar-refractivity contribution in [1.82, 2.24) is 10.3 Å². The van der Waals surface area contributed by atoms with Crippen molar-refractivity contribution in [2.75, 3.05) is 0 Å². The molecule has 0 spiro atoms. The van der Waals surface area contributed by atoms with Crippen molar-refractivity contribution in [3.05, 3.63) is 107 Å². The van der Waals surface area contributed by atoms with E-state index in [1.165, 1.54) is 0 Å². The highest BCUT2D eigenvalue weighted by Gasteiger charge is 2.42. The molecule has 1 atom stereocenters. The molecule has 3 N–H and O–H groups in total. The van der Waals surface area contributed by atoms with Crippen LogP contribution in [0.5, 0.6) is 0 Å². The number of carbonyl (C=O) groups is 2. The maximum absolute atomic E-state index is 14.0. The monoisotopic (exact) mass is 482 g/mol. The molecular weight excluding hydrogens is 448 g/mol. The summed E-state index contributed by atoms with van der Waals surface area (Å²) in [6.07, 6.45) is 2.99. The van der Waals surface area contributed by atoms with E-state index in [9.17, 15) is 14.7 Å². The van der Waals surface area contributed by atoms with Gasteiger partial charge in [0.05, 0.1) is 5.41 Å². The van der Waals surface area contributed by atoms with Gasteiger partial charge >= 0.3 is 5.97 Å². The minimum absolute atomic E-state index is 0.170. The van der Waals surface area contributed by atoms with Crippen molar-refractivity contribution in [2.45, 2.75) is 52.5 Å². The Labute approximate surface area is 212 Å². The molecule has 0 radical (unpaired) electrons. The summed E-state index contributed by atoms with van der Waals surface area (Å²) in [6.45, 7) is 7.59. The van der Waals surface area contributed by atoms with Crippen LogP contribution in [0, 0.1) is 19.3 Å². The molecule has 36 heavy (non-hydrogen) atoms. The van der Waals surface area contributed by atoms with Crippen LogP contribution in [0.15, 0.2) is 79.0 Å². The maximum atomic E-state index is 14.0. The molecule has 3 aromatic carbocycles. The molecule has 0 aliphatic rings. The number of hydrogen-bond acceptors (Lipinski definition) is 2. The summed E-state index contributed by atoms with van der Waals surface area (Å²) >= 11 is 0. The van der Waals surface area contributed by atoms with Crippen LogP contribution in [-0.4, -0.2) is 27.5 Å². The molecule has 1 aromatic heterocycles. The minimum Gasteiger partial charge on any atom is -0.480 e. The van der Waals surface area contributed by atoms with Gasteiger partial charge in [-0.2, -0.15) is 0 Å². The molecule has 186 valence electrons. The number of benzene rings is 3. The molecule has 1 amide bonds. The van der Waals surface area contributed by atoms with Crippen molar-refractivity contribution in [1.29, 1.82) is 0 Å². The number of amides is 1. The van der Waals surface area contributed by atoms with Gasteiger partial charge in [0.15, 0.2) is 0 Å². The van der Waals surface area contributed by atoms with Crippen molar-refractivity contribution in [3.63, 3.8) is 0 Å². The SMILES string of the molecule is Cc1cccc(CC(C)(Cc2cccc(C)c2)C(=O)N[C@](C)(Cc2c[nH]c3ccccc23)C(=O)O)c1. The number of aryl methyl sites for hydroxylation is 2. The molecule has 4 aromatic rings. The number of carboxylic acid groups (broad SMARTS) is 1. The number of nitrogens with one attached hydrogen (secondary N) is 2. The van der Waals surface area contributed by atoms with E-state index < -0.39 is 16.9 Å². The third kappa shape index (κ3) is 5.51. The van der Waals surface area contributed by atoms with Crippen LogP contribution >= 0.6 is 0 Å². The molecule has 0 bridgehead atoms. The van der Waals surface area contributed by atoms with Crippen LogP contribution in [0.2, 0.25) is 0 Å². The summed E-state index contributed by atoms with van der Waals surface area (Å²) in [5.74, 6) is -1.33. The number of para-hydroxylation sites is 1. The van der Waals surface area contributed by atoms with Gasteiger partial charge < -0.3 is 15.4 Å². The average molecular weight is 483 g/mol. The van der Waals surface area contributed by atoms with Gasteiger partial charge in [0.25, 0.3) is 0 Å². The lowest BCUT2D eigenvalue weighted by molar-refractivity contribution is -0.148. The fourth-order valence-corrected chi connectivity index (χ4v) is 5.00. The second kappa shape index (κ2) is 10.0. The summed E-state index contributed by atoms with van der Waals surface area (Å²) < 4.78 is 0. The lowest BCUT2D eigenvalue weighted by Crippen LogP contribution is -2.58. The Kier molecular flexibility index (Phi) is 7.02. The van der Waals surface area contributed by atoms with E-state index in [-0.39, 0.29) is 12.3 Å². The molecule has 4 rings (SSSR count). The highest BCUT2D eigenvalue weighted by atomic mass is 16.4. The number of aromatic amines is 1. The summed E-state index contributed by atoms with van der Waals surface area (Å²) in [5.41, 5.74) is 3.83. The third-order valence-corrected chi connectivity index (χ3v) is 6.98. The molecule has 0 unspecified atom stereocenters. The predicted octanol–water partition coefficient (Wildman–Crippen LogP) is 5.78. The number of carboxylic acids is 1. The van der Waals surface area contributed by atoms with Gasteiger partial charge in [-0.1, -0.05) is 84.8 Å². The molecule has 1 heterocycles. The lowest BCUT2D eigenvalue weighted by atomic mass is 9.76. The molecule has 5 heteroatoms. The van der Waals surface area contributed by atoms with Crippen LogP contribution in [0.25, 0.3) is 10.9 Å². The Bertz CT molecular complexity index is 1360. The Morgan fingerprint density at radius 3 is 1.97 bits per heavy atom.